The van der Waals surface area contributed by atoms with E-state index in [1.165, 1.54) is 44.2 Å². The number of amides is 1. The molecule has 0 unspecified atom stereocenters. The van der Waals surface area contributed by atoms with Gasteiger partial charge in [0, 0.05) is 5.56 Å². The highest BCUT2D eigenvalue weighted by Gasteiger charge is 2.28. The molecule has 0 bridgehead atoms. The first-order valence-electron chi connectivity index (χ1n) is 10.9. The first-order chi connectivity index (χ1) is 15.8. The molecule has 32 heavy (non-hydrogen) atoms. The van der Waals surface area contributed by atoms with Crippen molar-refractivity contribution in [3.63, 3.8) is 0 Å². The number of aryl methyl sites for hydroxylation is 2. The highest BCUT2D eigenvalue weighted by molar-refractivity contribution is 8.00. The molecule has 4 aromatic rings. The summed E-state index contributed by atoms with van der Waals surface area (Å²) in [7, 11) is 0. The van der Waals surface area contributed by atoms with E-state index in [0.717, 1.165) is 18.4 Å². The average Bonchev–Trinajstić information content (AvgIpc) is 3.40. The lowest BCUT2D eigenvalue weighted by Crippen LogP contribution is -2.20. The van der Waals surface area contributed by atoms with E-state index in [0.29, 0.717) is 5.75 Å². The Morgan fingerprint density at radius 1 is 0.875 bits per heavy atom. The van der Waals surface area contributed by atoms with Crippen LogP contribution >= 0.6 is 11.8 Å². The summed E-state index contributed by atoms with van der Waals surface area (Å²) in [6, 6.07) is 27.7. The molecule has 0 heterocycles. The summed E-state index contributed by atoms with van der Waals surface area (Å²) in [6.45, 7) is 0. The summed E-state index contributed by atoms with van der Waals surface area (Å²) in [5, 5.41) is 7.01. The van der Waals surface area contributed by atoms with Crippen molar-refractivity contribution in [1.29, 1.82) is 0 Å². The van der Waals surface area contributed by atoms with Crippen molar-refractivity contribution < 1.29 is 4.79 Å². The number of carbonyl (C=O) groups is 1. The zero-order valence-electron chi connectivity index (χ0n) is 17.5. The van der Waals surface area contributed by atoms with Gasteiger partial charge in [-0.15, -0.1) is 11.8 Å². The Hall–Kier alpha value is -3.37. The molecule has 0 atom stereocenters. The first-order valence-corrected chi connectivity index (χ1v) is 12.0. The second-order valence-electron chi connectivity index (χ2n) is 8.31. The summed E-state index contributed by atoms with van der Waals surface area (Å²) < 4.78 is 0. The number of nitrogens with one attached hydrogen (secondary N) is 1. The van der Waals surface area contributed by atoms with Crippen LogP contribution in [0.15, 0.2) is 84.0 Å². The van der Waals surface area contributed by atoms with Gasteiger partial charge < -0.3 is 0 Å². The SMILES string of the molecule is O=C(CSC1c2ccccc2-c2ccccc21)N/N=C\c1ccc2c3c(cccc13)CC2. The van der Waals surface area contributed by atoms with E-state index in [1.807, 2.05) is 0 Å². The Labute approximate surface area is 191 Å². The molecule has 0 aliphatic heterocycles. The van der Waals surface area contributed by atoms with Gasteiger partial charge in [0.1, 0.15) is 0 Å². The van der Waals surface area contributed by atoms with Crippen molar-refractivity contribution in [1.82, 2.24) is 5.43 Å². The zero-order chi connectivity index (χ0) is 21.5. The minimum Gasteiger partial charge on any atom is -0.272 e. The normalized spacial score (nSPS) is 14.1. The molecule has 1 N–H and O–H groups in total. The van der Waals surface area contributed by atoms with Crippen LogP contribution in [0.25, 0.3) is 21.9 Å². The topological polar surface area (TPSA) is 41.5 Å². The molecule has 0 aromatic heterocycles. The lowest BCUT2D eigenvalue weighted by atomic mass is 10.0. The monoisotopic (exact) mass is 434 g/mol. The number of rotatable bonds is 5. The van der Waals surface area contributed by atoms with E-state index in [-0.39, 0.29) is 11.2 Å². The second-order valence-corrected chi connectivity index (χ2v) is 9.41. The maximum absolute atomic E-state index is 12.6. The third-order valence-corrected chi connectivity index (χ3v) is 7.73. The lowest BCUT2D eigenvalue weighted by Gasteiger charge is -2.12. The third-order valence-electron chi connectivity index (χ3n) is 6.46. The molecule has 4 aromatic carbocycles. The average molecular weight is 435 g/mol. The van der Waals surface area contributed by atoms with E-state index >= 15 is 0 Å². The Morgan fingerprint density at radius 2 is 1.56 bits per heavy atom. The smallest absolute Gasteiger partial charge is 0.250 e. The van der Waals surface area contributed by atoms with Crippen molar-refractivity contribution in [2.75, 3.05) is 5.75 Å². The number of benzene rings is 4. The predicted molar refractivity (Wildman–Crippen MR) is 133 cm³/mol. The van der Waals surface area contributed by atoms with Gasteiger partial charge in [0.15, 0.2) is 0 Å². The van der Waals surface area contributed by atoms with Crippen molar-refractivity contribution in [3.05, 3.63) is 107 Å². The van der Waals surface area contributed by atoms with Gasteiger partial charge in [0.25, 0.3) is 0 Å². The zero-order valence-corrected chi connectivity index (χ0v) is 18.4. The van der Waals surface area contributed by atoms with Crippen LogP contribution in [0.3, 0.4) is 0 Å². The van der Waals surface area contributed by atoms with Gasteiger partial charge in [-0.3, -0.25) is 4.79 Å². The van der Waals surface area contributed by atoms with Crippen molar-refractivity contribution in [2.45, 2.75) is 18.1 Å². The van der Waals surface area contributed by atoms with Crippen LogP contribution in [0.4, 0.5) is 0 Å². The molecule has 1 amide bonds. The van der Waals surface area contributed by atoms with Crippen LogP contribution in [0.1, 0.15) is 33.1 Å². The van der Waals surface area contributed by atoms with E-state index in [1.54, 1.807) is 18.0 Å². The Morgan fingerprint density at radius 3 is 2.31 bits per heavy atom. The summed E-state index contributed by atoms with van der Waals surface area (Å²) in [5.74, 6) is 0.271. The molecule has 3 nitrogen and oxygen atoms in total. The van der Waals surface area contributed by atoms with Crippen LogP contribution in [-0.2, 0) is 17.6 Å². The fourth-order valence-electron chi connectivity index (χ4n) is 5.04. The van der Waals surface area contributed by atoms with E-state index in [9.17, 15) is 4.79 Å². The molecule has 4 heteroatoms. The van der Waals surface area contributed by atoms with Crippen LogP contribution in [0.5, 0.6) is 0 Å². The minimum absolute atomic E-state index is 0.0842. The molecule has 0 saturated carbocycles. The minimum atomic E-state index is -0.0842. The second kappa shape index (κ2) is 7.95. The van der Waals surface area contributed by atoms with Crippen LogP contribution in [-0.4, -0.2) is 17.9 Å². The molecule has 156 valence electrons. The fourth-order valence-corrected chi connectivity index (χ4v) is 6.19. The van der Waals surface area contributed by atoms with Crippen molar-refractivity contribution in [2.24, 2.45) is 5.10 Å². The first kappa shape index (κ1) is 19.3. The standard InChI is InChI=1S/C28H22N2OS/c31-26(17-32-28-24-9-3-1-7-22(24)23-8-2-4-10-25(23)28)30-29-16-20-15-14-19-13-12-18-6-5-11-21(20)27(18)19/h1-11,14-16,28H,12-13,17H2,(H,30,31)/b29-16-. The maximum atomic E-state index is 12.6. The molecule has 2 aliphatic carbocycles. The number of nitrogens with zero attached hydrogens (tertiary/aromatic N) is 1. The highest BCUT2D eigenvalue weighted by Crippen LogP contribution is 2.49. The van der Waals surface area contributed by atoms with Gasteiger partial charge in [-0.2, -0.15) is 5.10 Å². The predicted octanol–water partition coefficient (Wildman–Crippen LogP) is 5.89. The Balaban J connectivity index is 1.15. The summed E-state index contributed by atoms with van der Waals surface area (Å²) in [5.41, 5.74) is 11.7. The van der Waals surface area contributed by atoms with E-state index in [4.69, 9.17) is 0 Å². The molecule has 0 fully saturated rings. The molecule has 2 aliphatic rings. The summed E-state index contributed by atoms with van der Waals surface area (Å²) >= 11 is 1.65. The van der Waals surface area contributed by atoms with Gasteiger partial charge >= 0.3 is 0 Å². The van der Waals surface area contributed by atoms with Crippen molar-refractivity contribution >= 4 is 34.7 Å². The molecule has 0 saturated heterocycles. The largest absolute Gasteiger partial charge is 0.272 e. The third kappa shape index (κ3) is 3.23. The number of fused-ring (bicyclic) bond motifs is 3. The Bertz CT molecular complexity index is 1340. The molecule has 6 rings (SSSR count). The highest BCUT2D eigenvalue weighted by atomic mass is 32.2. The van der Waals surface area contributed by atoms with E-state index < -0.39 is 0 Å². The van der Waals surface area contributed by atoms with Crippen LogP contribution < -0.4 is 5.43 Å². The number of thioether (sulfide) groups is 1. The van der Waals surface area contributed by atoms with Crippen molar-refractivity contribution in [3.8, 4) is 11.1 Å². The number of hydrogen-bond donors (Lipinski definition) is 1. The van der Waals surface area contributed by atoms with Gasteiger partial charge in [-0.25, -0.2) is 5.43 Å². The summed E-state index contributed by atoms with van der Waals surface area (Å²) in [6.07, 6.45) is 3.98. The fraction of sp³-hybridized carbons (Fsp3) is 0.143. The van der Waals surface area contributed by atoms with E-state index in [2.05, 4.69) is 89.4 Å². The molecular formula is C28H22N2OS. The lowest BCUT2D eigenvalue weighted by molar-refractivity contribution is -0.118. The van der Waals surface area contributed by atoms with Gasteiger partial charge in [-0.05, 0) is 57.0 Å². The van der Waals surface area contributed by atoms with Crippen LogP contribution in [0, 0.1) is 0 Å². The number of hydrazone groups is 1. The quantitative estimate of drug-likeness (QED) is 0.314. The number of carbonyl (C=O) groups excluding carboxylic acids is 1. The maximum Gasteiger partial charge on any atom is 0.250 e. The summed E-state index contributed by atoms with van der Waals surface area (Å²) in [4.78, 5) is 12.6. The molecule has 0 radical (unpaired) electrons. The van der Waals surface area contributed by atoms with Gasteiger partial charge in [0.05, 0.1) is 17.2 Å². The molecule has 0 spiro atoms. The van der Waals surface area contributed by atoms with Gasteiger partial charge in [0.2, 0.25) is 5.91 Å². The number of hydrogen-bond acceptors (Lipinski definition) is 3. The van der Waals surface area contributed by atoms with Gasteiger partial charge in [-0.1, -0.05) is 78.9 Å². The Kier molecular flexibility index (Phi) is 4.80. The molecular weight excluding hydrogens is 412 g/mol. The van der Waals surface area contributed by atoms with Crippen LogP contribution in [0.2, 0.25) is 0 Å².